The molecule has 0 aromatic heterocycles. The molecule has 0 saturated heterocycles. The smallest absolute Gasteiger partial charge is 0.275 e. The summed E-state index contributed by atoms with van der Waals surface area (Å²) in [6.45, 7) is 0.568. The minimum atomic E-state index is -0.313. The van der Waals surface area contributed by atoms with Gasteiger partial charge in [-0.05, 0) is 44.1 Å². The van der Waals surface area contributed by atoms with Crippen LogP contribution in [0.4, 0.5) is 5.69 Å². The molecule has 1 aliphatic carbocycles. The molecule has 0 spiro atoms. The first kappa shape index (κ1) is 15.8. The highest BCUT2D eigenvalue weighted by atomic mass is 79.9. The Kier molecular flexibility index (Phi) is 5.86. The van der Waals surface area contributed by atoms with Crippen LogP contribution in [0.2, 0.25) is 0 Å². The lowest BCUT2D eigenvalue weighted by molar-refractivity contribution is -0.385. The summed E-state index contributed by atoms with van der Waals surface area (Å²) in [6.07, 6.45) is 6.97. The zero-order valence-electron chi connectivity index (χ0n) is 11.5. The molecule has 0 bridgehead atoms. The lowest BCUT2D eigenvalue weighted by Crippen LogP contribution is -2.33. The van der Waals surface area contributed by atoms with E-state index in [1.807, 2.05) is 23.9 Å². The Labute approximate surface area is 132 Å². The van der Waals surface area contributed by atoms with Crippen molar-refractivity contribution in [1.29, 1.82) is 0 Å². The van der Waals surface area contributed by atoms with Crippen molar-refractivity contribution in [2.75, 3.05) is 6.26 Å². The topological polar surface area (TPSA) is 55.2 Å². The standard InChI is InChI=1S/C14H19BrN2O2S/c1-20-13-6-4-12(5-7-13)16-9-10-2-3-11(15)8-14(10)17(18)19/h2-3,8,12-13,16H,4-7,9H2,1H3. The van der Waals surface area contributed by atoms with E-state index >= 15 is 0 Å². The van der Waals surface area contributed by atoms with Gasteiger partial charge in [0, 0.05) is 33.9 Å². The van der Waals surface area contributed by atoms with Gasteiger partial charge in [0.05, 0.1) is 4.92 Å². The number of hydrogen-bond donors (Lipinski definition) is 1. The molecule has 4 nitrogen and oxygen atoms in total. The van der Waals surface area contributed by atoms with Crippen LogP contribution in [0, 0.1) is 10.1 Å². The first-order chi connectivity index (χ1) is 9.60. The summed E-state index contributed by atoms with van der Waals surface area (Å²) in [6, 6.07) is 5.74. The Balaban J connectivity index is 1.93. The molecule has 0 heterocycles. The van der Waals surface area contributed by atoms with Crippen LogP contribution in [-0.4, -0.2) is 22.5 Å². The summed E-state index contributed by atoms with van der Waals surface area (Å²) in [7, 11) is 0. The lowest BCUT2D eigenvalue weighted by atomic mass is 9.95. The summed E-state index contributed by atoms with van der Waals surface area (Å²) < 4.78 is 0.744. The third-order valence-corrected chi connectivity index (χ3v) is 5.46. The maximum Gasteiger partial charge on any atom is 0.275 e. The minimum absolute atomic E-state index is 0.185. The monoisotopic (exact) mass is 358 g/mol. The number of hydrogen-bond acceptors (Lipinski definition) is 4. The molecule has 6 heteroatoms. The van der Waals surface area contributed by atoms with Crippen molar-refractivity contribution in [1.82, 2.24) is 5.32 Å². The van der Waals surface area contributed by atoms with Gasteiger partial charge in [-0.25, -0.2) is 0 Å². The molecule has 0 atom stereocenters. The number of rotatable bonds is 5. The maximum absolute atomic E-state index is 11.1. The Morgan fingerprint density at radius 3 is 2.70 bits per heavy atom. The van der Waals surface area contributed by atoms with Crippen LogP contribution in [-0.2, 0) is 6.54 Å². The van der Waals surface area contributed by atoms with Crippen molar-refractivity contribution in [3.05, 3.63) is 38.3 Å². The molecule has 0 amide bonds. The van der Waals surface area contributed by atoms with Crippen molar-refractivity contribution in [2.24, 2.45) is 0 Å². The molecular weight excluding hydrogens is 340 g/mol. The van der Waals surface area contributed by atoms with Crippen molar-refractivity contribution in [3.8, 4) is 0 Å². The average Bonchev–Trinajstić information content (AvgIpc) is 2.46. The Bertz CT molecular complexity index is 476. The molecule has 1 aliphatic rings. The van der Waals surface area contributed by atoms with E-state index < -0.39 is 0 Å². The first-order valence-electron chi connectivity index (χ1n) is 6.79. The number of nitro groups is 1. The van der Waals surface area contributed by atoms with Gasteiger partial charge in [-0.1, -0.05) is 15.9 Å². The van der Waals surface area contributed by atoms with Gasteiger partial charge < -0.3 is 5.32 Å². The molecule has 0 radical (unpaired) electrons. The highest BCUT2D eigenvalue weighted by Crippen LogP contribution is 2.28. The van der Waals surface area contributed by atoms with Crippen LogP contribution in [0.25, 0.3) is 0 Å². The Morgan fingerprint density at radius 1 is 1.40 bits per heavy atom. The highest BCUT2D eigenvalue weighted by Gasteiger charge is 2.21. The second-order valence-electron chi connectivity index (χ2n) is 5.12. The van der Waals surface area contributed by atoms with Crippen LogP contribution in [0.15, 0.2) is 22.7 Å². The number of thioether (sulfide) groups is 1. The largest absolute Gasteiger partial charge is 0.310 e. The number of nitrogens with zero attached hydrogens (tertiary/aromatic N) is 1. The molecule has 1 N–H and O–H groups in total. The van der Waals surface area contributed by atoms with Crippen LogP contribution in [0.1, 0.15) is 31.2 Å². The van der Waals surface area contributed by atoms with Crippen molar-refractivity contribution in [3.63, 3.8) is 0 Å². The first-order valence-corrected chi connectivity index (χ1v) is 8.87. The third-order valence-electron chi connectivity index (χ3n) is 3.83. The molecular formula is C14H19BrN2O2S. The highest BCUT2D eigenvalue weighted by molar-refractivity contribution is 9.10. The van der Waals surface area contributed by atoms with E-state index in [1.54, 1.807) is 6.07 Å². The summed E-state index contributed by atoms with van der Waals surface area (Å²) in [5, 5.41) is 15.3. The van der Waals surface area contributed by atoms with Crippen LogP contribution >= 0.6 is 27.7 Å². The molecule has 0 aliphatic heterocycles. The van der Waals surface area contributed by atoms with Crippen LogP contribution < -0.4 is 5.32 Å². The van der Waals surface area contributed by atoms with Gasteiger partial charge >= 0.3 is 0 Å². The Hall–Kier alpha value is -0.590. The molecule has 1 fully saturated rings. The third kappa shape index (κ3) is 4.20. The molecule has 1 aromatic rings. The van der Waals surface area contributed by atoms with Crippen molar-refractivity contribution >= 4 is 33.4 Å². The maximum atomic E-state index is 11.1. The van der Waals surface area contributed by atoms with E-state index in [0.717, 1.165) is 28.1 Å². The fourth-order valence-corrected chi connectivity index (χ4v) is 3.71. The van der Waals surface area contributed by atoms with Crippen LogP contribution in [0.3, 0.4) is 0 Å². The quantitative estimate of drug-likeness (QED) is 0.635. The van der Waals surface area contributed by atoms with E-state index in [2.05, 4.69) is 27.5 Å². The van der Waals surface area contributed by atoms with Gasteiger partial charge in [-0.2, -0.15) is 11.8 Å². The second kappa shape index (κ2) is 7.43. The van der Waals surface area contributed by atoms with E-state index in [4.69, 9.17) is 0 Å². The molecule has 2 rings (SSSR count). The van der Waals surface area contributed by atoms with Gasteiger partial charge in [-0.3, -0.25) is 10.1 Å². The predicted molar refractivity (Wildman–Crippen MR) is 87.2 cm³/mol. The summed E-state index contributed by atoms with van der Waals surface area (Å²) in [4.78, 5) is 10.7. The molecule has 0 unspecified atom stereocenters. The van der Waals surface area contributed by atoms with E-state index in [9.17, 15) is 10.1 Å². The summed E-state index contributed by atoms with van der Waals surface area (Å²) >= 11 is 5.23. The number of nitrogens with one attached hydrogen (secondary N) is 1. The number of nitro benzene ring substituents is 1. The normalized spacial score (nSPS) is 22.7. The molecule has 110 valence electrons. The second-order valence-corrected chi connectivity index (χ2v) is 7.17. The van der Waals surface area contributed by atoms with Crippen molar-refractivity contribution < 1.29 is 4.92 Å². The van der Waals surface area contributed by atoms with Gasteiger partial charge in [0.2, 0.25) is 0 Å². The zero-order valence-corrected chi connectivity index (χ0v) is 13.9. The van der Waals surface area contributed by atoms with E-state index in [0.29, 0.717) is 12.6 Å². The van der Waals surface area contributed by atoms with Crippen molar-refractivity contribution in [2.45, 2.75) is 43.5 Å². The lowest BCUT2D eigenvalue weighted by Gasteiger charge is -2.28. The van der Waals surface area contributed by atoms with E-state index in [1.165, 1.54) is 12.8 Å². The van der Waals surface area contributed by atoms with Gasteiger partial charge in [0.25, 0.3) is 5.69 Å². The average molecular weight is 359 g/mol. The SMILES string of the molecule is CSC1CCC(NCc2ccc(Br)cc2[N+](=O)[O-])CC1. The van der Waals surface area contributed by atoms with Crippen LogP contribution in [0.5, 0.6) is 0 Å². The van der Waals surface area contributed by atoms with Gasteiger partial charge in [0.15, 0.2) is 0 Å². The summed E-state index contributed by atoms with van der Waals surface area (Å²) in [5.41, 5.74) is 0.940. The summed E-state index contributed by atoms with van der Waals surface area (Å²) in [5.74, 6) is 0. The molecule has 20 heavy (non-hydrogen) atoms. The number of benzene rings is 1. The zero-order chi connectivity index (χ0) is 14.5. The fraction of sp³-hybridized carbons (Fsp3) is 0.571. The fourth-order valence-electron chi connectivity index (χ4n) is 2.61. The molecule has 1 aromatic carbocycles. The van der Waals surface area contributed by atoms with Gasteiger partial charge in [0.1, 0.15) is 0 Å². The van der Waals surface area contributed by atoms with Gasteiger partial charge in [-0.15, -0.1) is 0 Å². The number of halogens is 1. The predicted octanol–water partition coefficient (Wildman–Crippen LogP) is 4.12. The Morgan fingerprint density at radius 2 is 2.10 bits per heavy atom. The molecule has 1 saturated carbocycles. The van der Waals surface area contributed by atoms with E-state index in [-0.39, 0.29) is 10.6 Å². The minimum Gasteiger partial charge on any atom is -0.310 e.